The van der Waals surface area contributed by atoms with Crippen molar-refractivity contribution in [3.63, 3.8) is 0 Å². The van der Waals surface area contributed by atoms with E-state index in [1.54, 1.807) is 0 Å². The Labute approximate surface area is 129 Å². The van der Waals surface area contributed by atoms with Gasteiger partial charge in [0.25, 0.3) is 0 Å². The van der Waals surface area contributed by atoms with Crippen LogP contribution in [0.25, 0.3) is 0 Å². The summed E-state index contributed by atoms with van der Waals surface area (Å²) in [6.45, 7) is 3.47. The third kappa shape index (κ3) is 2.93. The Balaban J connectivity index is 1.77. The van der Waals surface area contributed by atoms with Gasteiger partial charge in [-0.2, -0.15) is 0 Å². The second-order valence-electron chi connectivity index (χ2n) is 6.13. The first kappa shape index (κ1) is 14.8. The Kier molecular flexibility index (Phi) is 4.20. The van der Waals surface area contributed by atoms with E-state index in [1.165, 1.54) is 0 Å². The first-order chi connectivity index (χ1) is 10.1. The summed E-state index contributed by atoms with van der Waals surface area (Å²) in [6, 6.07) is 7.77. The predicted molar refractivity (Wildman–Crippen MR) is 80.3 cm³/mol. The van der Waals surface area contributed by atoms with E-state index < -0.39 is 5.97 Å². The summed E-state index contributed by atoms with van der Waals surface area (Å²) < 4.78 is 5.42. The molecule has 2 aliphatic rings. The number of likely N-dealkylation sites (tertiary alicyclic amines) is 1. The van der Waals surface area contributed by atoms with Crippen LogP contribution in [0.2, 0.25) is 5.02 Å². The first-order valence-electron chi connectivity index (χ1n) is 7.37. The molecule has 1 atom stereocenters. The van der Waals surface area contributed by atoms with Gasteiger partial charge in [0.15, 0.2) is 0 Å². The SMILES string of the molecule is O=C(O)[C@H]1CN(Cc2ccccc2Cl)CC12CCOCC2. The van der Waals surface area contributed by atoms with E-state index >= 15 is 0 Å². The summed E-state index contributed by atoms with van der Waals surface area (Å²) >= 11 is 6.22. The number of rotatable bonds is 3. The number of hydrogen-bond acceptors (Lipinski definition) is 3. The highest BCUT2D eigenvalue weighted by Crippen LogP contribution is 2.44. The molecular weight excluding hydrogens is 290 g/mol. The summed E-state index contributed by atoms with van der Waals surface area (Å²) in [7, 11) is 0. The molecule has 1 aromatic rings. The van der Waals surface area contributed by atoms with Crippen LogP contribution >= 0.6 is 11.6 Å². The molecule has 0 bridgehead atoms. The molecule has 1 aromatic carbocycles. The van der Waals surface area contributed by atoms with Crippen molar-refractivity contribution in [1.82, 2.24) is 4.90 Å². The molecular formula is C16H20ClNO3. The lowest BCUT2D eigenvalue weighted by Gasteiger charge is -2.36. The zero-order valence-corrected chi connectivity index (χ0v) is 12.7. The minimum atomic E-state index is -0.682. The third-order valence-electron chi connectivity index (χ3n) is 4.86. The number of hydrogen-bond donors (Lipinski definition) is 1. The van der Waals surface area contributed by atoms with Crippen LogP contribution < -0.4 is 0 Å². The molecule has 0 unspecified atom stereocenters. The highest BCUT2D eigenvalue weighted by Gasteiger charge is 2.50. The van der Waals surface area contributed by atoms with Crippen LogP contribution in [0.5, 0.6) is 0 Å². The molecule has 4 nitrogen and oxygen atoms in total. The summed E-state index contributed by atoms with van der Waals surface area (Å²) in [4.78, 5) is 13.9. The fraction of sp³-hybridized carbons (Fsp3) is 0.562. The maximum absolute atomic E-state index is 11.6. The Morgan fingerprint density at radius 3 is 2.76 bits per heavy atom. The summed E-state index contributed by atoms with van der Waals surface area (Å²) in [5.74, 6) is -0.984. The topological polar surface area (TPSA) is 49.8 Å². The number of carboxylic acids is 1. The zero-order valence-electron chi connectivity index (χ0n) is 11.9. The fourth-order valence-corrected chi connectivity index (χ4v) is 3.88. The van der Waals surface area contributed by atoms with Crippen molar-refractivity contribution in [3.05, 3.63) is 34.9 Å². The second-order valence-corrected chi connectivity index (χ2v) is 6.53. The van der Waals surface area contributed by atoms with Gasteiger partial charge >= 0.3 is 5.97 Å². The van der Waals surface area contributed by atoms with E-state index in [-0.39, 0.29) is 11.3 Å². The minimum absolute atomic E-state index is 0.134. The van der Waals surface area contributed by atoms with E-state index in [0.717, 1.165) is 30.0 Å². The van der Waals surface area contributed by atoms with Crippen LogP contribution in [0.4, 0.5) is 0 Å². The molecule has 1 N–H and O–H groups in total. The lowest BCUT2D eigenvalue weighted by Crippen LogP contribution is -2.40. The highest BCUT2D eigenvalue weighted by molar-refractivity contribution is 6.31. The number of aliphatic carboxylic acids is 1. The quantitative estimate of drug-likeness (QED) is 0.932. The van der Waals surface area contributed by atoms with E-state index in [2.05, 4.69) is 4.90 Å². The number of nitrogens with zero attached hydrogens (tertiary/aromatic N) is 1. The fourth-order valence-electron chi connectivity index (χ4n) is 3.68. The van der Waals surface area contributed by atoms with Gasteiger partial charge in [0.2, 0.25) is 0 Å². The molecule has 2 heterocycles. The van der Waals surface area contributed by atoms with Crippen molar-refractivity contribution in [1.29, 1.82) is 0 Å². The normalized spacial score (nSPS) is 25.3. The van der Waals surface area contributed by atoms with Crippen molar-refractivity contribution in [2.24, 2.45) is 11.3 Å². The number of carbonyl (C=O) groups is 1. The van der Waals surface area contributed by atoms with Crippen molar-refractivity contribution in [3.8, 4) is 0 Å². The van der Waals surface area contributed by atoms with Crippen molar-refractivity contribution in [2.45, 2.75) is 19.4 Å². The highest BCUT2D eigenvalue weighted by atomic mass is 35.5. The van der Waals surface area contributed by atoms with Crippen LogP contribution in [-0.2, 0) is 16.1 Å². The van der Waals surface area contributed by atoms with Gasteiger partial charge in [0.1, 0.15) is 0 Å². The van der Waals surface area contributed by atoms with Crippen LogP contribution in [0.3, 0.4) is 0 Å². The molecule has 0 aliphatic carbocycles. The lowest BCUT2D eigenvalue weighted by atomic mass is 9.72. The smallest absolute Gasteiger partial charge is 0.308 e. The Morgan fingerprint density at radius 1 is 1.38 bits per heavy atom. The zero-order chi connectivity index (χ0) is 14.9. The van der Waals surface area contributed by atoms with Gasteiger partial charge < -0.3 is 9.84 Å². The number of halogens is 1. The Hall–Kier alpha value is -1.10. The molecule has 0 amide bonds. The molecule has 114 valence electrons. The largest absolute Gasteiger partial charge is 0.481 e. The van der Waals surface area contributed by atoms with E-state index in [4.69, 9.17) is 16.3 Å². The van der Waals surface area contributed by atoms with Gasteiger partial charge in [-0.15, -0.1) is 0 Å². The Morgan fingerprint density at radius 2 is 2.10 bits per heavy atom. The van der Waals surface area contributed by atoms with Gasteiger partial charge in [0, 0.05) is 43.3 Å². The minimum Gasteiger partial charge on any atom is -0.481 e. The molecule has 0 radical (unpaired) electrons. The molecule has 3 rings (SSSR count). The average Bonchev–Trinajstić information content (AvgIpc) is 2.80. The van der Waals surface area contributed by atoms with Crippen LogP contribution in [-0.4, -0.2) is 42.3 Å². The monoisotopic (exact) mass is 309 g/mol. The van der Waals surface area contributed by atoms with Gasteiger partial charge in [-0.25, -0.2) is 0 Å². The number of ether oxygens (including phenoxy) is 1. The van der Waals surface area contributed by atoms with E-state index in [1.807, 2.05) is 24.3 Å². The molecule has 2 aliphatic heterocycles. The van der Waals surface area contributed by atoms with Crippen LogP contribution in [0, 0.1) is 11.3 Å². The standard InChI is InChI=1S/C16H20ClNO3/c17-14-4-2-1-3-12(14)9-18-10-13(15(19)20)16(11-18)5-7-21-8-6-16/h1-4,13H,5-11H2,(H,19,20)/t13-/m1/s1. The van der Waals surface area contributed by atoms with Gasteiger partial charge in [-0.05, 0) is 24.5 Å². The van der Waals surface area contributed by atoms with Crippen molar-refractivity contribution in [2.75, 3.05) is 26.3 Å². The number of benzene rings is 1. The molecule has 0 saturated carbocycles. The maximum Gasteiger partial charge on any atom is 0.308 e. The van der Waals surface area contributed by atoms with E-state index in [9.17, 15) is 9.90 Å². The second kappa shape index (κ2) is 5.95. The Bertz CT molecular complexity index is 528. The van der Waals surface area contributed by atoms with Gasteiger partial charge in [-0.3, -0.25) is 9.69 Å². The summed E-state index contributed by atoms with van der Waals surface area (Å²) in [5.41, 5.74) is 0.929. The molecule has 21 heavy (non-hydrogen) atoms. The third-order valence-corrected chi connectivity index (χ3v) is 5.23. The molecule has 0 aromatic heterocycles. The maximum atomic E-state index is 11.6. The van der Waals surface area contributed by atoms with Gasteiger partial charge in [-0.1, -0.05) is 29.8 Å². The average molecular weight is 310 g/mol. The summed E-state index contributed by atoms with van der Waals surface area (Å²) in [5, 5.41) is 10.3. The first-order valence-corrected chi connectivity index (χ1v) is 7.75. The molecule has 2 saturated heterocycles. The van der Waals surface area contributed by atoms with E-state index in [0.29, 0.717) is 26.3 Å². The van der Waals surface area contributed by atoms with Gasteiger partial charge in [0.05, 0.1) is 5.92 Å². The van der Waals surface area contributed by atoms with Crippen molar-refractivity contribution >= 4 is 17.6 Å². The molecule has 5 heteroatoms. The van der Waals surface area contributed by atoms with Crippen LogP contribution in [0.1, 0.15) is 18.4 Å². The lowest BCUT2D eigenvalue weighted by molar-refractivity contribution is -0.146. The molecule has 2 fully saturated rings. The molecule has 1 spiro atoms. The van der Waals surface area contributed by atoms with Crippen molar-refractivity contribution < 1.29 is 14.6 Å². The van der Waals surface area contributed by atoms with Crippen LogP contribution in [0.15, 0.2) is 24.3 Å². The summed E-state index contributed by atoms with van der Waals surface area (Å²) in [6.07, 6.45) is 1.67. The number of carboxylic acid groups (broad SMARTS) is 1. The predicted octanol–water partition coefficient (Wildman–Crippen LogP) is 2.65.